The first-order valence-corrected chi connectivity index (χ1v) is 10.8. The Balaban J connectivity index is 1.35. The Morgan fingerprint density at radius 2 is 1.70 bits per heavy atom. The van der Waals surface area contributed by atoms with Crippen LogP contribution in [0.25, 0.3) is 0 Å². The summed E-state index contributed by atoms with van der Waals surface area (Å²) in [5, 5.41) is 3.91. The molecule has 0 unspecified atom stereocenters. The molecule has 3 aromatic rings. The van der Waals surface area contributed by atoms with Crippen LogP contribution < -0.4 is 4.74 Å². The van der Waals surface area contributed by atoms with Crippen LogP contribution in [0.15, 0.2) is 53.1 Å². The number of ether oxygens (including phenoxy) is 1. The van der Waals surface area contributed by atoms with Crippen molar-refractivity contribution in [2.75, 3.05) is 0 Å². The lowest BCUT2D eigenvalue weighted by Crippen LogP contribution is -2.33. The molecule has 0 bridgehead atoms. The molecule has 5 nitrogen and oxygen atoms in total. The van der Waals surface area contributed by atoms with Gasteiger partial charge in [-0.2, -0.15) is 13.2 Å². The van der Waals surface area contributed by atoms with Gasteiger partial charge in [0.15, 0.2) is 0 Å². The molecular formula is C25H25F3N2O3. The smallest absolute Gasteiger partial charge is 0.416 e. The Bertz CT molecular complexity index is 1080. The van der Waals surface area contributed by atoms with Crippen LogP contribution in [-0.2, 0) is 30.5 Å². The van der Waals surface area contributed by atoms with Crippen LogP contribution in [0, 0.1) is 13.8 Å². The van der Waals surface area contributed by atoms with E-state index in [1.54, 1.807) is 4.90 Å². The standard InChI is InChI=1S/C25H25F3N2O3/c1-16-23(17(2)33-29-16)15-32-22-11-5-18(6-12-22)13-24(31)30(21-9-10-21)14-19-3-7-20(8-4-19)25(26,27)28/h3-8,11-12,21H,9-10,13-15H2,1-2H3. The Morgan fingerprint density at radius 3 is 2.24 bits per heavy atom. The summed E-state index contributed by atoms with van der Waals surface area (Å²) >= 11 is 0. The molecule has 4 rings (SSSR count). The van der Waals surface area contributed by atoms with Gasteiger partial charge < -0.3 is 14.2 Å². The molecule has 1 fully saturated rings. The number of rotatable bonds is 8. The Labute approximate surface area is 190 Å². The maximum absolute atomic E-state index is 13.0. The van der Waals surface area contributed by atoms with Gasteiger partial charge in [-0.3, -0.25) is 4.79 Å². The van der Waals surface area contributed by atoms with E-state index in [1.807, 2.05) is 38.1 Å². The van der Waals surface area contributed by atoms with Crippen LogP contribution in [0.4, 0.5) is 13.2 Å². The summed E-state index contributed by atoms with van der Waals surface area (Å²) in [5.74, 6) is 1.36. The first-order chi connectivity index (χ1) is 15.7. The van der Waals surface area contributed by atoms with E-state index in [1.165, 1.54) is 12.1 Å². The third-order valence-electron chi connectivity index (χ3n) is 5.79. The zero-order valence-electron chi connectivity index (χ0n) is 18.5. The van der Waals surface area contributed by atoms with Crippen LogP contribution >= 0.6 is 0 Å². The van der Waals surface area contributed by atoms with Crippen molar-refractivity contribution in [3.05, 3.63) is 82.2 Å². The highest BCUT2D eigenvalue weighted by molar-refractivity contribution is 5.79. The average Bonchev–Trinajstić information content (AvgIpc) is 3.57. The largest absolute Gasteiger partial charge is 0.489 e. The van der Waals surface area contributed by atoms with Crippen LogP contribution in [0.5, 0.6) is 5.75 Å². The van der Waals surface area contributed by atoms with Crippen LogP contribution in [-0.4, -0.2) is 22.0 Å². The second-order valence-electron chi connectivity index (χ2n) is 8.36. The van der Waals surface area contributed by atoms with Crippen LogP contribution in [0.2, 0.25) is 0 Å². The second kappa shape index (κ2) is 9.29. The number of aromatic nitrogens is 1. The molecule has 1 aromatic heterocycles. The van der Waals surface area contributed by atoms with E-state index < -0.39 is 11.7 Å². The number of alkyl halides is 3. The van der Waals surface area contributed by atoms with E-state index in [2.05, 4.69) is 5.16 Å². The topological polar surface area (TPSA) is 55.6 Å². The zero-order valence-corrected chi connectivity index (χ0v) is 18.5. The van der Waals surface area contributed by atoms with Crippen LogP contribution in [0.1, 0.15) is 46.5 Å². The van der Waals surface area contributed by atoms with E-state index in [0.29, 0.717) is 24.5 Å². The number of carbonyl (C=O) groups is 1. The predicted molar refractivity (Wildman–Crippen MR) is 115 cm³/mol. The number of benzene rings is 2. The molecule has 0 radical (unpaired) electrons. The summed E-state index contributed by atoms with van der Waals surface area (Å²) in [5.41, 5.74) is 2.56. The van der Waals surface area contributed by atoms with E-state index in [9.17, 15) is 18.0 Å². The molecule has 33 heavy (non-hydrogen) atoms. The van der Waals surface area contributed by atoms with Gasteiger partial charge in [0.1, 0.15) is 18.1 Å². The van der Waals surface area contributed by atoms with Gasteiger partial charge in [0.2, 0.25) is 5.91 Å². The van der Waals surface area contributed by atoms with Crippen molar-refractivity contribution in [3.8, 4) is 5.75 Å². The lowest BCUT2D eigenvalue weighted by Gasteiger charge is -2.23. The summed E-state index contributed by atoms with van der Waals surface area (Å²) in [6.07, 6.45) is -2.31. The second-order valence-corrected chi connectivity index (χ2v) is 8.36. The number of hydrogen-bond acceptors (Lipinski definition) is 4. The summed E-state index contributed by atoms with van der Waals surface area (Å²) < 4.78 is 49.3. The molecule has 0 N–H and O–H groups in total. The quantitative estimate of drug-likeness (QED) is 0.440. The molecule has 174 valence electrons. The molecule has 0 aliphatic heterocycles. The molecule has 0 spiro atoms. The highest BCUT2D eigenvalue weighted by Gasteiger charge is 2.33. The van der Waals surface area contributed by atoms with Gasteiger partial charge >= 0.3 is 6.18 Å². The summed E-state index contributed by atoms with van der Waals surface area (Å²) in [6.45, 7) is 4.35. The van der Waals surface area contributed by atoms with Crippen molar-refractivity contribution in [1.29, 1.82) is 0 Å². The van der Waals surface area contributed by atoms with Crippen molar-refractivity contribution in [2.24, 2.45) is 0 Å². The molecule has 1 amide bonds. The van der Waals surface area contributed by atoms with Gasteiger partial charge in [0, 0.05) is 12.6 Å². The van der Waals surface area contributed by atoms with Gasteiger partial charge in [-0.15, -0.1) is 0 Å². The number of amides is 1. The molecule has 1 aliphatic rings. The summed E-state index contributed by atoms with van der Waals surface area (Å²) in [7, 11) is 0. The zero-order chi connectivity index (χ0) is 23.6. The van der Waals surface area contributed by atoms with E-state index in [-0.39, 0.29) is 18.4 Å². The molecule has 8 heteroatoms. The number of halogens is 3. The SMILES string of the molecule is Cc1noc(C)c1COc1ccc(CC(=O)N(Cc2ccc(C(F)(F)F)cc2)C2CC2)cc1. The maximum atomic E-state index is 13.0. The van der Waals surface area contributed by atoms with E-state index >= 15 is 0 Å². The molecule has 2 aromatic carbocycles. The maximum Gasteiger partial charge on any atom is 0.416 e. The lowest BCUT2D eigenvalue weighted by atomic mass is 10.1. The average molecular weight is 458 g/mol. The van der Waals surface area contributed by atoms with Crippen molar-refractivity contribution < 1.29 is 27.2 Å². The minimum atomic E-state index is -4.37. The Hall–Kier alpha value is -3.29. The van der Waals surface area contributed by atoms with Crippen molar-refractivity contribution in [2.45, 2.75) is 58.5 Å². The number of hydrogen-bond donors (Lipinski definition) is 0. The fraction of sp³-hybridized carbons (Fsp3) is 0.360. The molecule has 0 atom stereocenters. The predicted octanol–water partition coefficient (Wildman–Crippen LogP) is 5.62. The Kier molecular flexibility index (Phi) is 6.44. The first kappa shape index (κ1) is 22.9. The minimum Gasteiger partial charge on any atom is -0.489 e. The van der Waals surface area contributed by atoms with Crippen LogP contribution in [0.3, 0.4) is 0 Å². The van der Waals surface area contributed by atoms with Gasteiger partial charge in [-0.1, -0.05) is 29.4 Å². The third-order valence-corrected chi connectivity index (χ3v) is 5.79. The van der Waals surface area contributed by atoms with Gasteiger partial charge in [0.05, 0.1) is 23.2 Å². The summed E-state index contributed by atoms with van der Waals surface area (Å²) in [6, 6.07) is 12.5. The highest BCUT2D eigenvalue weighted by Crippen LogP contribution is 2.31. The normalized spacial score (nSPS) is 13.7. The van der Waals surface area contributed by atoms with E-state index in [4.69, 9.17) is 9.26 Å². The molecule has 1 heterocycles. The van der Waals surface area contributed by atoms with Gasteiger partial charge in [0.25, 0.3) is 0 Å². The lowest BCUT2D eigenvalue weighted by molar-refractivity contribution is -0.137. The number of nitrogens with zero attached hydrogens (tertiary/aromatic N) is 2. The van der Waals surface area contributed by atoms with Gasteiger partial charge in [-0.25, -0.2) is 0 Å². The minimum absolute atomic E-state index is 0.0400. The molecular weight excluding hydrogens is 433 g/mol. The van der Waals surface area contributed by atoms with Crippen molar-refractivity contribution in [1.82, 2.24) is 10.1 Å². The molecule has 1 saturated carbocycles. The fourth-order valence-electron chi connectivity index (χ4n) is 3.65. The Morgan fingerprint density at radius 1 is 1.06 bits per heavy atom. The summed E-state index contributed by atoms with van der Waals surface area (Å²) in [4.78, 5) is 14.7. The third kappa shape index (κ3) is 5.74. The fourth-order valence-corrected chi connectivity index (χ4v) is 3.65. The molecule has 0 saturated heterocycles. The monoisotopic (exact) mass is 458 g/mol. The van der Waals surface area contributed by atoms with E-state index in [0.717, 1.165) is 47.6 Å². The van der Waals surface area contributed by atoms with Crippen molar-refractivity contribution >= 4 is 5.91 Å². The first-order valence-electron chi connectivity index (χ1n) is 10.8. The number of carbonyl (C=O) groups excluding carboxylic acids is 1. The van der Waals surface area contributed by atoms with Gasteiger partial charge in [-0.05, 0) is 62.1 Å². The number of aryl methyl sites for hydroxylation is 2. The van der Waals surface area contributed by atoms with Crippen molar-refractivity contribution in [3.63, 3.8) is 0 Å². The molecule has 1 aliphatic carbocycles. The highest BCUT2D eigenvalue weighted by atomic mass is 19.4.